The molecule has 1 saturated carbocycles. The lowest BCUT2D eigenvalue weighted by atomic mass is 10.0. The molecule has 1 unspecified atom stereocenters. The van der Waals surface area contributed by atoms with Gasteiger partial charge in [0.05, 0.1) is 6.61 Å². The summed E-state index contributed by atoms with van der Waals surface area (Å²) in [5.74, 6) is 1.21. The highest BCUT2D eigenvalue weighted by molar-refractivity contribution is 6.30. The van der Waals surface area contributed by atoms with Crippen molar-refractivity contribution in [3.8, 4) is 0 Å². The monoisotopic (exact) mass is 253 g/mol. The van der Waals surface area contributed by atoms with Crippen molar-refractivity contribution in [3.63, 3.8) is 0 Å². The first kappa shape index (κ1) is 12.9. The molecule has 17 heavy (non-hydrogen) atoms. The summed E-state index contributed by atoms with van der Waals surface area (Å²) >= 11 is 5.96. The largest absolute Gasteiger partial charge is 0.381 e. The van der Waals surface area contributed by atoms with E-state index in [1.807, 2.05) is 18.2 Å². The van der Waals surface area contributed by atoms with Gasteiger partial charge < -0.3 is 10.5 Å². The fourth-order valence-corrected chi connectivity index (χ4v) is 2.11. The molecule has 0 bridgehead atoms. The third-order valence-corrected chi connectivity index (χ3v) is 3.39. The summed E-state index contributed by atoms with van der Waals surface area (Å²) in [7, 11) is 0. The van der Waals surface area contributed by atoms with Crippen molar-refractivity contribution < 1.29 is 4.74 Å². The van der Waals surface area contributed by atoms with Crippen LogP contribution in [0.3, 0.4) is 0 Å². The maximum absolute atomic E-state index is 5.96. The molecule has 0 spiro atoms. The number of hydrogen-bond acceptors (Lipinski definition) is 2. The molecular weight excluding hydrogens is 234 g/mol. The van der Waals surface area contributed by atoms with Gasteiger partial charge in [-0.2, -0.15) is 0 Å². The third kappa shape index (κ3) is 4.66. The summed E-state index contributed by atoms with van der Waals surface area (Å²) in [6, 6.07) is 7.98. The molecule has 1 aromatic rings. The number of nitrogens with two attached hydrogens (primary N) is 1. The molecule has 2 N–H and O–H groups in total. The van der Waals surface area contributed by atoms with E-state index in [0.717, 1.165) is 30.6 Å². The van der Waals surface area contributed by atoms with Crippen molar-refractivity contribution in [2.45, 2.75) is 19.3 Å². The Morgan fingerprint density at radius 1 is 1.41 bits per heavy atom. The van der Waals surface area contributed by atoms with Gasteiger partial charge in [-0.05, 0) is 55.3 Å². The predicted molar refractivity (Wildman–Crippen MR) is 71.2 cm³/mol. The van der Waals surface area contributed by atoms with Crippen molar-refractivity contribution in [1.82, 2.24) is 0 Å². The number of rotatable bonds is 7. The maximum atomic E-state index is 5.96. The van der Waals surface area contributed by atoms with Crippen molar-refractivity contribution in [2.24, 2.45) is 17.6 Å². The summed E-state index contributed by atoms with van der Waals surface area (Å²) in [5, 5.41) is 0.789. The molecule has 3 heteroatoms. The van der Waals surface area contributed by atoms with Gasteiger partial charge in [0.1, 0.15) is 0 Å². The van der Waals surface area contributed by atoms with Gasteiger partial charge in [-0.1, -0.05) is 23.7 Å². The van der Waals surface area contributed by atoms with E-state index in [4.69, 9.17) is 22.1 Å². The quantitative estimate of drug-likeness (QED) is 0.811. The Bertz CT molecular complexity index is 352. The van der Waals surface area contributed by atoms with Crippen LogP contribution in [0.1, 0.15) is 18.4 Å². The van der Waals surface area contributed by atoms with Crippen molar-refractivity contribution in [2.75, 3.05) is 19.8 Å². The molecule has 1 aromatic carbocycles. The SMILES string of the molecule is NCC(COCC1CC1)Cc1cccc(Cl)c1. The van der Waals surface area contributed by atoms with Crippen LogP contribution in [0.15, 0.2) is 24.3 Å². The van der Waals surface area contributed by atoms with Crippen LogP contribution in [-0.2, 0) is 11.2 Å². The Morgan fingerprint density at radius 2 is 2.24 bits per heavy atom. The zero-order chi connectivity index (χ0) is 12.1. The fraction of sp³-hybridized carbons (Fsp3) is 0.571. The van der Waals surface area contributed by atoms with E-state index in [1.54, 1.807) is 0 Å². The first-order valence-electron chi connectivity index (χ1n) is 6.30. The second-order valence-electron chi connectivity index (χ2n) is 4.92. The summed E-state index contributed by atoms with van der Waals surface area (Å²) in [6.07, 6.45) is 3.62. The lowest BCUT2D eigenvalue weighted by Crippen LogP contribution is -2.22. The highest BCUT2D eigenvalue weighted by Gasteiger charge is 2.21. The second-order valence-corrected chi connectivity index (χ2v) is 5.35. The minimum Gasteiger partial charge on any atom is -0.381 e. The lowest BCUT2D eigenvalue weighted by molar-refractivity contribution is 0.0934. The van der Waals surface area contributed by atoms with Gasteiger partial charge in [0.15, 0.2) is 0 Å². The molecule has 1 aliphatic carbocycles. The van der Waals surface area contributed by atoms with Crippen LogP contribution in [0.5, 0.6) is 0 Å². The zero-order valence-corrected chi connectivity index (χ0v) is 10.8. The first-order chi connectivity index (χ1) is 8.28. The van der Waals surface area contributed by atoms with Crippen LogP contribution < -0.4 is 5.73 Å². The van der Waals surface area contributed by atoms with Crippen LogP contribution >= 0.6 is 11.6 Å². The van der Waals surface area contributed by atoms with Gasteiger partial charge in [0.2, 0.25) is 0 Å². The first-order valence-corrected chi connectivity index (χ1v) is 6.68. The smallest absolute Gasteiger partial charge is 0.0509 e. The summed E-state index contributed by atoms with van der Waals surface area (Å²) in [4.78, 5) is 0. The Labute approximate surface area is 108 Å². The number of halogens is 1. The van der Waals surface area contributed by atoms with Gasteiger partial charge in [-0.15, -0.1) is 0 Å². The Morgan fingerprint density at radius 3 is 2.88 bits per heavy atom. The molecule has 0 radical (unpaired) electrons. The maximum Gasteiger partial charge on any atom is 0.0509 e. The van der Waals surface area contributed by atoms with E-state index in [0.29, 0.717) is 12.5 Å². The molecule has 0 saturated heterocycles. The Kier molecular flexibility index (Phi) is 4.84. The van der Waals surface area contributed by atoms with E-state index in [9.17, 15) is 0 Å². The average Bonchev–Trinajstić information content (AvgIpc) is 3.12. The molecule has 2 rings (SSSR count). The standard InChI is InChI=1S/C14H20ClNO/c15-14-3-1-2-12(7-14)6-13(8-16)10-17-9-11-4-5-11/h1-3,7,11,13H,4-6,8-10,16H2. The minimum absolute atomic E-state index is 0.396. The zero-order valence-electron chi connectivity index (χ0n) is 10.1. The highest BCUT2D eigenvalue weighted by Crippen LogP contribution is 2.29. The molecular formula is C14H20ClNO. The normalized spacial score (nSPS) is 17.1. The lowest BCUT2D eigenvalue weighted by Gasteiger charge is -2.15. The van der Waals surface area contributed by atoms with Crippen LogP contribution in [0, 0.1) is 11.8 Å². The van der Waals surface area contributed by atoms with Gasteiger partial charge in [0, 0.05) is 11.6 Å². The second kappa shape index (κ2) is 6.39. The van der Waals surface area contributed by atoms with Gasteiger partial charge in [0.25, 0.3) is 0 Å². The minimum atomic E-state index is 0.396. The molecule has 94 valence electrons. The Balaban J connectivity index is 1.76. The Hall–Kier alpha value is -0.570. The summed E-state index contributed by atoms with van der Waals surface area (Å²) < 4.78 is 5.70. The molecule has 0 aromatic heterocycles. The van der Waals surface area contributed by atoms with Crippen molar-refractivity contribution >= 4 is 11.6 Å². The molecule has 2 nitrogen and oxygen atoms in total. The van der Waals surface area contributed by atoms with E-state index in [1.165, 1.54) is 18.4 Å². The van der Waals surface area contributed by atoms with E-state index in [-0.39, 0.29) is 0 Å². The average molecular weight is 254 g/mol. The molecule has 0 amide bonds. The third-order valence-electron chi connectivity index (χ3n) is 3.15. The topological polar surface area (TPSA) is 35.2 Å². The van der Waals surface area contributed by atoms with Crippen LogP contribution in [0.25, 0.3) is 0 Å². The van der Waals surface area contributed by atoms with Crippen LogP contribution in [0.2, 0.25) is 5.02 Å². The fourth-order valence-electron chi connectivity index (χ4n) is 1.89. The number of ether oxygens (including phenoxy) is 1. The van der Waals surface area contributed by atoms with Gasteiger partial charge >= 0.3 is 0 Å². The molecule has 0 aliphatic heterocycles. The van der Waals surface area contributed by atoms with Gasteiger partial charge in [-0.25, -0.2) is 0 Å². The van der Waals surface area contributed by atoms with Gasteiger partial charge in [-0.3, -0.25) is 0 Å². The van der Waals surface area contributed by atoms with Crippen LogP contribution in [0.4, 0.5) is 0 Å². The molecule has 1 fully saturated rings. The number of hydrogen-bond donors (Lipinski definition) is 1. The summed E-state index contributed by atoms with van der Waals surface area (Å²) in [5.41, 5.74) is 7.02. The number of benzene rings is 1. The highest BCUT2D eigenvalue weighted by atomic mass is 35.5. The van der Waals surface area contributed by atoms with E-state index < -0.39 is 0 Å². The van der Waals surface area contributed by atoms with Crippen molar-refractivity contribution in [1.29, 1.82) is 0 Å². The molecule has 1 atom stereocenters. The predicted octanol–water partition coefficient (Wildman–Crippen LogP) is 2.88. The summed E-state index contributed by atoms with van der Waals surface area (Å²) in [6.45, 7) is 2.34. The van der Waals surface area contributed by atoms with E-state index in [2.05, 4.69) is 6.07 Å². The molecule has 1 aliphatic rings. The molecule has 0 heterocycles. The van der Waals surface area contributed by atoms with Crippen molar-refractivity contribution in [3.05, 3.63) is 34.9 Å². The van der Waals surface area contributed by atoms with E-state index >= 15 is 0 Å². The van der Waals surface area contributed by atoms with Crippen LogP contribution in [-0.4, -0.2) is 19.8 Å².